The summed E-state index contributed by atoms with van der Waals surface area (Å²) in [4.78, 5) is 26.8. The zero-order chi connectivity index (χ0) is 23.4. The average Bonchev–Trinajstić information content (AvgIpc) is 3.56. The molecular formula is C25H25N3O4S. The molecule has 8 heteroatoms. The molecule has 0 saturated heterocycles. The van der Waals surface area contributed by atoms with Gasteiger partial charge in [0.1, 0.15) is 5.69 Å². The lowest BCUT2D eigenvalue weighted by molar-refractivity contribution is 0.0465. The van der Waals surface area contributed by atoms with Crippen LogP contribution in [0.3, 0.4) is 0 Å². The Bertz CT molecular complexity index is 1260. The number of aromatic nitrogens is 3. The summed E-state index contributed by atoms with van der Waals surface area (Å²) in [7, 11) is 1.64. The van der Waals surface area contributed by atoms with Crippen LogP contribution in [0.25, 0.3) is 16.3 Å². The Hall–Kier alpha value is -3.49. The first-order valence-corrected chi connectivity index (χ1v) is 11.4. The second-order valence-electron chi connectivity index (χ2n) is 7.57. The van der Waals surface area contributed by atoms with Crippen LogP contribution < -0.4 is 0 Å². The Morgan fingerprint density at radius 3 is 2.55 bits per heavy atom. The number of ether oxygens (including phenoxy) is 2. The Labute approximate surface area is 196 Å². The molecule has 3 aromatic heterocycles. The van der Waals surface area contributed by atoms with Gasteiger partial charge in [-0.05, 0) is 43.5 Å². The molecule has 0 fully saturated rings. The topological polar surface area (TPSA) is 75.3 Å². The monoisotopic (exact) mass is 463 g/mol. The molecule has 0 amide bonds. The number of rotatable bonds is 9. The summed E-state index contributed by atoms with van der Waals surface area (Å²) >= 11 is 1.54. The van der Waals surface area contributed by atoms with Crippen molar-refractivity contribution in [1.82, 2.24) is 14.3 Å². The third-order valence-electron chi connectivity index (χ3n) is 5.42. The van der Waals surface area contributed by atoms with Gasteiger partial charge in [-0.3, -0.25) is 4.79 Å². The highest BCUT2D eigenvalue weighted by molar-refractivity contribution is 7.13. The molecule has 0 unspecified atom stereocenters. The first-order valence-electron chi connectivity index (χ1n) is 10.5. The molecule has 0 spiro atoms. The predicted octanol–water partition coefficient (Wildman–Crippen LogP) is 4.71. The van der Waals surface area contributed by atoms with Gasteiger partial charge in [0.05, 0.1) is 17.2 Å². The van der Waals surface area contributed by atoms with E-state index in [0.29, 0.717) is 24.4 Å². The molecule has 0 aliphatic heterocycles. The van der Waals surface area contributed by atoms with Gasteiger partial charge in [-0.2, -0.15) is 5.10 Å². The summed E-state index contributed by atoms with van der Waals surface area (Å²) in [6, 6.07) is 16.8. The van der Waals surface area contributed by atoms with E-state index in [0.717, 1.165) is 22.0 Å². The SMILES string of the molecule is COCCn1c(C)cc(C(=O)COC(=O)c2cc(-c3cccs3)nn2-c2ccccc2)c1C. The standard InChI is InChI=1S/C25H25N3O4S/c1-17-14-20(18(2)27(17)11-12-31-3)23(29)16-32-25(30)22-15-21(24-10-7-13-33-24)26-28(22)19-8-5-4-6-9-19/h4-10,13-15H,11-12,16H2,1-3H3. The van der Waals surface area contributed by atoms with E-state index in [2.05, 4.69) is 5.10 Å². The number of nitrogens with zero attached hydrogens (tertiary/aromatic N) is 3. The van der Waals surface area contributed by atoms with Crippen LogP contribution in [0.2, 0.25) is 0 Å². The molecule has 0 saturated carbocycles. The lowest BCUT2D eigenvalue weighted by Gasteiger charge is -2.09. The molecule has 7 nitrogen and oxygen atoms in total. The number of hydrogen-bond donors (Lipinski definition) is 0. The molecule has 3 heterocycles. The smallest absolute Gasteiger partial charge is 0.357 e. The maximum absolute atomic E-state index is 13.0. The van der Waals surface area contributed by atoms with Gasteiger partial charge in [0.15, 0.2) is 12.3 Å². The van der Waals surface area contributed by atoms with Crippen LogP contribution >= 0.6 is 11.3 Å². The average molecular weight is 464 g/mol. The van der Waals surface area contributed by atoms with Crippen molar-refractivity contribution in [2.24, 2.45) is 0 Å². The fourth-order valence-electron chi connectivity index (χ4n) is 3.73. The second-order valence-corrected chi connectivity index (χ2v) is 8.52. The molecular weight excluding hydrogens is 438 g/mol. The largest absolute Gasteiger partial charge is 0.453 e. The quantitative estimate of drug-likeness (QED) is 0.266. The Morgan fingerprint density at radius 2 is 1.85 bits per heavy atom. The van der Waals surface area contributed by atoms with Crippen LogP contribution in [-0.2, 0) is 16.0 Å². The van der Waals surface area contributed by atoms with Gasteiger partial charge in [-0.25, -0.2) is 9.48 Å². The summed E-state index contributed by atoms with van der Waals surface area (Å²) < 4.78 is 14.2. The van der Waals surface area contributed by atoms with Crippen LogP contribution in [0, 0.1) is 13.8 Å². The molecule has 170 valence electrons. The predicted molar refractivity (Wildman–Crippen MR) is 127 cm³/mol. The van der Waals surface area contributed by atoms with E-state index < -0.39 is 5.97 Å². The molecule has 33 heavy (non-hydrogen) atoms. The maximum atomic E-state index is 13.0. The first-order chi connectivity index (χ1) is 16.0. The summed E-state index contributed by atoms with van der Waals surface area (Å²) in [6.45, 7) is 4.69. The fraction of sp³-hybridized carbons (Fsp3) is 0.240. The van der Waals surface area contributed by atoms with E-state index in [-0.39, 0.29) is 18.1 Å². The third-order valence-corrected chi connectivity index (χ3v) is 6.31. The highest BCUT2D eigenvalue weighted by Crippen LogP contribution is 2.26. The lowest BCUT2D eigenvalue weighted by atomic mass is 10.1. The molecule has 0 N–H and O–H groups in total. The molecule has 0 aliphatic carbocycles. The zero-order valence-corrected chi connectivity index (χ0v) is 19.6. The summed E-state index contributed by atoms with van der Waals surface area (Å²) in [5.74, 6) is -0.847. The molecule has 0 radical (unpaired) electrons. The number of esters is 1. The number of para-hydroxylation sites is 1. The number of aryl methyl sites for hydroxylation is 1. The Balaban J connectivity index is 1.55. The van der Waals surface area contributed by atoms with Crippen molar-refractivity contribution in [3.63, 3.8) is 0 Å². The number of carbonyl (C=O) groups excluding carboxylic acids is 2. The number of thiophene rings is 1. The van der Waals surface area contributed by atoms with E-state index in [1.807, 2.05) is 72.3 Å². The van der Waals surface area contributed by atoms with Gasteiger partial charge in [0.2, 0.25) is 5.78 Å². The van der Waals surface area contributed by atoms with E-state index in [1.165, 1.54) is 11.3 Å². The molecule has 0 atom stereocenters. The zero-order valence-electron chi connectivity index (χ0n) is 18.8. The third kappa shape index (κ3) is 4.81. The summed E-state index contributed by atoms with van der Waals surface area (Å²) in [6.07, 6.45) is 0. The first kappa shape index (κ1) is 22.7. The summed E-state index contributed by atoms with van der Waals surface area (Å²) in [5.41, 5.74) is 4.02. The number of Topliss-reactive ketones (excluding diaryl/α,β-unsaturated/α-hetero) is 1. The normalized spacial score (nSPS) is 11.0. The van der Waals surface area contributed by atoms with Crippen LogP contribution in [0.5, 0.6) is 0 Å². The molecule has 1 aromatic carbocycles. The van der Waals surface area contributed by atoms with Crippen molar-refractivity contribution in [3.05, 3.63) is 82.6 Å². The van der Waals surface area contributed by atoms with Crippen LogP contribution in [-0.4, -0.2) is 46.4 Å². The van der Waals surface area contributed by atoms with Crippen molar-refractivity contribution in [2.75, 3.05) is 20.3 Å². The van der Waals surface area contributed by atoms with Gasteiger partial charge in [0, 0.05) is 36.7 Å². The highest BCUT2D eigenvalue weighted by atomic mass is 32.1. The molecule has 4 aromatic rings. The van der Waals surface area contributed by atoms with E-state index >= 15 is 0 Å². The highest BCUT2D eigenvalue weighted by Gasteiger charge is 2.22. The van der Waals surface area contributed by atoms with Gasteiger partial charge in [-0.1, -0.05) is 24.3 Å². The van der Waals surface area contributed by atoms with Crippen LogP contribution in [0.15, 0.2) is 60.0 Å². The van der Waals surface area contributed by atoms with Crippen molar-refractivity contribution in [3.8, 4) is 16.3 Å². The summed E-state index contributed by atoms with van der Waals surface area (Å²) in [5, 5.41) is 6.57. The van der Waals surface area contributed by atoms with Crippen LogP contribution in [0.4, 0.5) is 0 Å². The minimum absolute atomic E-state index is 0.246. The molecule has 4 rings (SSSR count). The van der Waals surface area contributed by atoms with Crippen molar-refractivity contribution >= 4 is 23.1 Å². The minimum atomic E-state index is -0.601. The molecule has 0 bridgehead atoms. The van der Waals surface area contributed by atoms with E-state index in [1.54, 1.807) is 17.9 Å². The number of carbonyl (C=O) groups is 2. The fourth-order valence-corrected chi connectivity index (χ4v) is 4.41. The Kier molecular flexibility index (Phi) is 6.86. The van der Waals surface area contributed by atoms with Crippen molar-refractivity contribution in [1.29, 1.82) is 0 Å². The number of hydrogen-bond acceptors (Lipinski definition) is 6. The number of methoxy groups -OCH3 is 1. The van der Waals surface area contributed by atoms with E-state index in [9.17, 15) is 9.59 Å². The lowest BCUT2D eigenvalue weighted by Crippen LogP contribution is -2.18. The van der Waals surface area contributed by atoms with Crippen molar-refractivity contribution in [2.45, 2.75) is 20.4 Å². The van der Waals surface area contributed by atoms with Crippen molar-refractivity contribution < 1.29 is 19.1 Å². The van der Waals surface area contributed by atoms with Gasteiger partial charge in [-0.15, -0.1) is 11.3 Å². The number of benzene rings is 1. The Morgan fingerprint density at radius 1 is 1.06 bits per heavy atom. The maximum Gasteiger partial charge on any atom is 0.357 e. The van der Waals surface area contributed by atoms with Crippen LogP contribution in [0.1, 0.15) is 32.2 Å². The number of ketones is 1. The van der Waals surface area contributed by atoms with Gasteiger partial charge >= 0.3 is 5.97 Å². The van der Waals surface area contributed by atoms with Gasteiger partial charge < -0.3 is 14.0 Å². The molecule has 0 aliphatic rings. The second kappa shape index (κ2) is 9.97. The van der Waals surface area contributed by atoms with Gasteiger partial charge in [0.25, 0.3) is 0 Å². The minimum Gasteiger partial charge on any atom is -0.453 e. The van der Waals surface area contributed by atoms with E-state index in [4.69, 9.17) is 9.47 Å².